The number of hydrogen-bond donors (Lipinski definition) is 2. The van der Waals surface area contributed by atoms with Crippen LogP contribution in [0.2, 0.25) is 0 Å². The summed E-state index contributed by atoms with van der Waals surface area (Å²) >= 11 is 1.70. The van der Waals surface area contributed by atoms with Crippen molar-refractivity contribution in [2.75, 3.05) is 25.1 Å². The molecule has 0 amide bonds. The van der Waals surface area contributed by atoms with Crippen LogP contribution in [0.3, 0.4) is 0 Å². The maximum absolute atomic E-state index is 14.6. The molecule has 2 aliphatic rings. The Balaban J connectivity index is 1.53. The molecule has 6 nitrogen and oxygen atoms in total. The number of fused-ring (bicyclic) bond motifs is 1. The summed E-state index contributed by atoms with van der Waals surface area (Å²) < 4.78 is 39.9. The Labute approximate surface area is 171 Å². The monoisotopic (exact) mass is 425 g/mol. The summed E-state index contributed by atoms with van der Waals surface area (Å²) in [4.78, 5) is 19.4. The number of ether oxygens (including phenoxy) is 2. The van der Waals surface area contributed by atoms with Crippen molar-refractivity contribution in [1.29, 1.82) is 0 Å². The predicted octanol–water partition coefficient (Wildman–Crippen LogP) is 3.59. The Kier molecular flexibility index (Phi) is 6.36. The van der Waals surface area contributed by atoms with Crippen molar-refractivity contribution in [2.45, 2.75) is 55.8 Å². The van der Waals surface area contributed by atoms with Crippen molar-refractivity contribution in [2.24, 2.45) is 0 Å². The summed E-state index contributed by atoms with van der Waals surface area (Å²) in [5, 5.41) is 3.13. The minimum absolute atomic E-state index is 0.0171. The standard InChI is InChI=1S/C20H25F2N3O3S/c1-2-28-12-7-11(8-12)23-15-9-14-17(19(22)18(15)21)20(26)25-16(24-14)10-29-13-3-5-27-6-4-13/h9,11-13,23H,2-8,10H2,1H3,(H,24,25,26). The van der Waals surface area contributed by atoms with Gasteiger partial charge in [-0.1, -0.05) is 0 Å². The summed E-state index contributed by atoms with van der Waals surface area (Å²) in [5.74, 6) is -1.23. The zero-order chi connectivity index (χ0) is 20.4. The highest BCUT2D eigenvalue weighted by Gasteiger charge is 2.31. The third kappa shape index (κ3) is 4.57. The first kappa shape index (κ1) is 20.6. The van der Waals surface area contributed by atoms with Crippen LogP contribution in [0.1, 0.15) is 38.4 Å². The lowest BCUT2D eigenvalue weighted by Gasteiger charge is -2.36. The molecule has 2 heterocycles. The first-order valence-electron chi connectivity index (χ1n) is 10.0. The Morgan fingerprint density at radius 2 is 2.07 bits per heavy atom. The van der Waals surface area contributed by atoms with Crippen LogP contribution in [0.15, 0.2) is 10.9 Å². The van der Waals surface area contributed by atoms with Gasteiger partial charge in [0, 0.05) is 31.1 Å². The van der Waals surface area contributed by atoms with E-state index in [1.54, 1.807) is 11.8 Å². The zero-order valence-corrected chi connectivity index (χ0v) is 17.1. The smallest absolute Gasteiger partial charge is 0.261 e. The van der Waals surface area contributed by atoms with Gasteiger partial charge in [0.1, 0.15) is 11.2 Å². The lowest BCUT2D eigenvalue weighted by atomic mass is 9.89. The van der Waals surface area contributed by atoms with E-state index < -0.39 is 17.2 Å². The van der Waals surface area contributed by atoms with Crippen LogP contribution >= 0.6 is 11.8 Å². The van der Waals surface area contributed by atoms with Gasteiger partial charge in [-0.05, 0) is 38.7 Å². The number of thioether (sulfide) groups is 1. The lowest BCUT2D eigenvalue weighted by Crippen LogP contribution is -2.41. The number of aromatic amines is 1. The molecule has 2 fully saturated rings. The fourth-order valence-electron chi connectivity index (χ4n) is 3.77. The Hall–Kier alpha value is -1.71. The van der Waals surface area contributed by atoms with Crippen LogP contribution in [0, 0.1) is 11.6 Å². The molecule has 2 aromatic rings. The topological polar surface area (TPSA) is 76.2 Å². The van der Waals surface area contributed by atoms with Crippen LogP contribution < -0.4 is 10.9 Å². The predicted molar refractivity (Wildman–Crippen MR) is 109 cm³/mol. The van der Waals surface area contributed by atoms with Gasteiger partial charge in [0.25, 0.3) is 5.56 Å². The van der Waals surface area contributed by atoms with Gasteiger partial charge in [-0.3, -0.25) is 4.79 Å². The number of rotatable bonds is 7. The van der Waals surface area contributed by atoms with Crippen molar-refractivity contribution < 1.29 is 18.3 Å². The molecule has 1 saturated heterocycles. The molecule has 0 atom stereocenters. The molecule has 0 radical (unpaired) electrons. The summed E-state index contributed by atoms with van der Waals surface area (Å²) in [6, 6.07) is 1.45. The number of aromatic nitrogens is 2. The molecule has 1 aliphatic carbocycles. The molecule has 1 aromatic carbocycles. The molecular formula is C20H25F2N3O3S. The van der Waals surface area contributed by atoms with E-state index in [-0.39, 0.29) is 28.7 Å². The number of anilines is 1. The number of nitrogens with one attached hydrogen (secondary N) is 2. The van der Waals surface area contributed by atoms with Gasteiger partial charge >= 0.3 is 0 Å². The molecule has 0 bridgehead atoms. The van der Waals surface area contributed by atoms with Crippen LogP contribution in [-0.2, 0) is 15.2 Å². The van der Waals surface area contributed by atoms with Gasteiger partial charge in [0.2, 0.25) is 0 Å². The highest BCUT2D eigenvalue weighted by atomic mass is 32.2. The fourth-order valence-corrected chi connectivity index (χ4v) is 4.83. The minimum Gasteiger partial charge on any atom is -0.381 e. The normalized spacial score (nSPS) is 22.6. The van der Waals surface area contributed by atoms with E-state index in [0.29, 0.717) is 23.4 Å². The highest BCUT2D eigenvalue weighted by Crippen LogP contribution is 2.31. The quantitative estimate of drug-likeness (QED) is 0.706. The maximum atomic E-state index is 14.6. The molecular weight excluding hydrogens is 400 g/mol. The first-order valence-corrected chi connectivity index (χ1v) is 11.1. The van der Waals surface area contributed by atoms with E-state index in [2.05, 4.69) is 15.3 Å². The maximum Gasteiger partial charge on any atom is 0.261 e. The summed E-state index contributed by atoms with van der Waals surface area (Å²) in [6.45, 7) is 4.05. The highest BCUT2D eigenvalue weighted by molar-refractivity contribution is 7.99. The Bertz CT molecular complexity index is 927. The van der Waals surface area contributed by atoms with Gasteiger partial charge in [-0.15, -0.1) is 0 Å². The average molecular weight is 426 g/mol. The van der Waals surface area contributed by atoms with Gasteiger partial charge in [-0.2, -0.15) is 11.8 Å². The van der Waals surface area contributed by atoms with Crippen LogP contribution in [0.5, 0.6) is 0 Å². The van der Waals surface area contributed by atoms with Crippen LogP contribution in [0.4, 0.5) is 14.5 Å². The van der Waals surface area contributed by atoms with Crippen molar-refractivity contribution in [1.82, 2.24) is 9.97 Å². The third-order valence-electron chi connectivity index (χ3n) is 5.41. The largest absolute Gasteiger partial charge is 0.381 e. The number of H-pyrrole nitrogens is 1. The van der Waals surface area contributed by atoms with Crippen LogP contribution in [-0.4, -0.2) is 47.2 Å². The Morgan fingerprint density at radius 3 is 2.79 bits per heavy atom. The van der Waals surface area contributed by atoms with Gasteiger partial charge in [0.15, 0.2) is 11.6 Å². The van der Waals surface area contributed by atoms with Gasteiger partial charge < -0.3 is 19.8 Å². The molecule has 29 heavy (non-hydrogen) atoms. The molecule has 2 N–H and O–H groups in total. The van der Waals surface area contributed by atoms with Crippen molar-refractivity contribution in [3.8, 4) is 0 Å². The average Bonchev–Trinajstić information content (AvgIpc) is 2.69. The van der Waals surface area contributed by atoms with E-state index in [9.17, 15) is 13.6 Å². The van der Waals surface area contributed by atoms with Crippen molar-refractivity contribution in [3.05, 3.63) is 33.9 Å². The minimum atomic E-state index is -1.16. The van der Waals surface area contributed by atoms with E-state index in [1.807, 2.05) is 6.92 Å². The van der Waals surface area contributed by atoms with Crippen molar-refractivity contribution >= 4 is 28.4 Å². The van der Waals surface area contributed by atoms with E-state index in [4.69, 9.17) is 9.47 Å². The summed E-state index contributed by atoms with van der Waals surface area (Å²) in [5.41, 5.74) is -0.449. The molecule has 0 spiro atoms. The van der Waals surface area contributed by atoms with Gasteiger partial charge in [0.05, 0.1) is 23.1 Å². The van der Waals surface area contributed by atoms with E-state index >= 15 is 0 Å². The number of hydrogen-bond acceptors (Lipinski definition) is 6. The van der Waals surface area contributed by atoms with Crippen LogP contribution in [0.25, 0.3) is 10.9 Å². The molecule has 1 saturated carbocycles. The zero-order valence-electron chi connectivity index (χ0n) is 16.3. The number of benzene rings is 1. The summed E-state index contributed by atoms with van der Waals surface area (Å²) in [6.07, 6.45) is 3.55. The first-order chi connectivity index (χ1) is 14.0. The SMILES string of the molecule is CCOC1CC(Nc2cc3nc(CSC4CCOCC4)[nH]c(=O)c3c(F)c2F)C1. The van der Waals surface area contributed by atoms with E-state index in [0.717, 1.165) is 38.9 Å². The molecule has 4 rings (SSSR count). The number of halogens is 2. The lowest BCUT2D eigenvalue weighted by molar-refractivity contribution is 0.00293. The van der Waals surface area contributed by atoms with E-state index in [1.165, 1.54) is 6.07 Å². The number of nitrogens with zero attached hydrogens (tertiary/aromatic N) is 1. The molecule has 9 heteroatoms. The molecule has 1 aliphatic heterocycles. The van der Waals surface area contributed by atoms with Gasteiger partial charge in [-0.25, -0.2) is 13.8 Å². The molecule has 0 unspecified atom stereocenters. The molecule has 158 valence electrons. The second-order valence-electron chi connectivity index (χ2n) is 7.47. The van der Waals surface area contributed by atoms with Crippen molar-refractivity contribution in [3.63, 3.8) is 0 Å². The molecule has 1 aromatic heterocycles. The fraction of sp³-hybridized carbons (Fsp3) is 0.600. The second kappa shape index (κ2) is 8.97. The third-order valence-corrected chi connectivity index (χ3v) is 6.79. The second-order valence-corrected chi connectivity index (χ2v) is 8.76. The summed E-state index contributed by atoms with van der Waals surface area (Å²) in [7, 11) is 0. The Morgan fingerprint density at radius 1 is 1.31 bits per heavy atom.